The monoisotopic (exact) mass is 331 g/mol. The second kappa shape index (κ2) is 7.82. The van der Waals surface area contributed by atoms with Gasteiger partial charge in [0.2, 0.25) is 10.0 Å². The van der Waals surface area contributed by atoms with Crippen molar-refractivity contribution in [3.8, 4) is 0 Å². The van der Waals surface area contributed by atoms with Gasteiger partial charge in [-0.2, -0.15) is 4.72 Å². The van der Waals surface area contributed by atoms with Crippen molar-refractivity contribution in [3.63, 3.8) is 0 Å². The van der Waals surface area contributed by atoms with Crippen molar-refractivity contribution >= 4 is 21.7 Å². The van der Waals surface area contributed by atoms with Gasteiger partial charge in [0.1, 0.15) is 6.04 Å². The third-order valence-electron chi connectivity index (χ3n) is 2.89. The van der Waals surface area contributed by atoms with E-state index >= 15 is 0 Å². The predicted octanol–water partition coefficient (Wildman–Crippen LogP) is 0.455. The molecule has 1 atom stereocenters. The molecule has 0 radical (unpaired) electrons. The highest BCUT2D eigenvalue weighted by molar-refractivity contribution is 7.89. The Morgan fingerprint density at radius 1 is 1.36 bits per heavy atom. The van der Waals surface area contributed by atoms with E-state index in [9.17, 15) is 23.3 Å². The summed E-state index contributed by atoms with van der Waals surface area (Å²) < 4.78 is 26.4. The third kappa shape index (κ3) is 4.76. The number of aliphatic carboxylic acids is 1. The largest absolute Gasteiger partial charge is 0.480 e. The molecule has 10 heteroatoms. The van der Waals surface area contributed by atoms with Gasteiger partial charge in [0.05, 0.1) is 4.92 Å². The normalized spacial score (nSPS) is 12.8. The Morgan fingerprint density at radius 3 is 2.55 bits per heavy atom. The van der Waals surface area contributed by atoms with Gasteiger partial charge < -0.3 is 10.8 Å². The summed E-state index contributed by atoms with van der Waals surface area (Å²) in [5.41, 5.74) is 4.69. The predicted molar refractivity (Wildman–Crippen MR) is 77.7 cm³/mol. The average molecular weight is 331 g/mol. The van der Waals surface area contributed by atoms with E-state index in [-0.39, 0.29) is 6.42 Å². The Morgan fingerprint density at radius 2 is 2.00 bits per heavy atom. The molecule has 0 saturated heterocycles. The maximum atomic E-state index is 12.2. The summed E-state index contributed by atoms with van der Waals surface area (Å²) in [4.78, 5) is 20.6. The fourth-order valence-electron chi connectivity index (χ4n) is 1.81. The number of hydrogen-bond acceptors (Lipinski definition) is 6. The van der Waals surface area contributed by atoms with Crippen LogP contribution >= 0.6 is 0 Å². The lowest BCUT2D eigenvalue weighted by atomic mass is 10.1. The quantitative estimate of drug-likeness (QED) is 0.337. The van der Waals surface area contributed by atoms with Crippen molar-refractivity contribution in [2.75, 3.05) is 6.54 Å². The Kier molecular flexibility index (Phi) is 6.40. The lowest BCUT2D eigenvalue weighted by Gasteiger charge is -2.14. The van der Waals surface area contributed by atoms with Crippen LogP contribution in [-0.4, -0.2) is 37.0 Å². The number of carboxylic acid groups (broad SMARTS) is 1. The number of para-hydroxylation sites is 1. The Labute approximate surface area is 127 Å². The molecule has 0 spiro atoms. The molecule has 0 fully saturated rings. The van der Waals surface area contributed by atoms with Gasteiger partial charge in [-0.15, -0.1) is 0 Å². The lowest BCUT2D eigenvalue weighted by molar-refractivity contribution is -0.387. The number of unbranched alkanes of at least 4 members (excludes halogenated alkanes) is 1. The van der Waals surface area contributed by atoms with Crippen LogP contribution in [0.4, 0.5) is 5.69 Å². The summed E-state index contributed by atoms with van der Waals surface area (Å²) in [7, 11) is -4.32. The van der Waals surface area contributed by atoms with Crippen molar-refractivity contribution in [1.29, 1.82) is 0 Å². The number of nitro groups is 1. The van der Waals surface area contributed by atoms with Crippen LogP contribution in [0.25, 0.3) is 0 Å². The topological polar surface area (TPSA) is 153 Å². The van der Waals surface area contributed by atoms with Crippen molar-refractivity contribution in [2.24, 2.45) is 5.73 Å². The molecule has 0 aliphatic heterocycles. The van der Waals surface area contributed by atoms with Gasteiger partial charge >= 0.3 is 5.97 Å². The molecule has 0 aliphatic rings. The molecule has 9 nitrogen and oxygen atoms in total. The minimum Gasteiger partial charge on any atom is -0.480 e. The van der Waals surface area contributed by atoms with Gasteiger partial charge in [-0.3, -0.25) is 14.9 Å². The van der Waals surface area contributed by atoms with Crippen LogP contribution in [0.2, 0.25) is 0 Å². The molecule has 0 bridgehead atoms. The average Bonchev–Trinajstić information content (AvgIpc) is 2.46. The van der Waals surface area contributed by atoms with E-state index in [0.717, 1.165) is 12.1 Å². The molecule has 0 aliphatic carbocycles. The van der Waals surface area contributed by atoms with Gasteiger partial charge in [-0.1, -0.05) is 18.6 Å². The highest BCUT2D eigenvalue weighted by Gasteiger charge is 2.30. The van der Waals surface area contributed by atoms with E-state index in [4.69, 9.17) is 10.8 Å². The van der Waals surface area contributed by atoms with Crippen LogP contribution < -0.4 is 10.5 Å². The van der Waals surface area contributed by atoms with Crippen molar-refractivity contribution < 1.29 is 23.2 Å². The zero-order valence-corrected chi connectivity index (χ0v) is 12.5. The number of carboxylic acids is 1. The van der Waals surface area contributed by atoms with Gasteiger partial charge in [0, 0.05) is 6.07 Å². The molecule has 4 N–H and O–H groups in total. The molecule has 1 rings (SSSR count). The standard InChI is InChI=1S/C12H17N3O6S/c13-8-4-3-5-9(12(16)17)14-22(20,21)11-7-2-1-6-10(11)15(18)19/h1-2,6-7,9,14H,3-5,8,13H2,(H,16,17). The summed E-state index contributed by atoms with van der Waals surface area (Å²) >= 11 is 0. The Bertz CT molecular complexity index is 646. The molecule has 0 heterocycles. The first-order valence-corrected chi connectivity index (χ1v) is 7.96. The number of sulfonamides is 1. The van der Waals surface area contributed by atoms with Crippen LogP contribution in [0.1, 0.15) is 19.3 Å². The number of hydrogen-bond donors (Lipinski definition) is 3. The summed E-state index contributed by atoms with van der Waals surface area (Å²) in [6.07, 6.45) is 1.02. The van der Waals surface area contributed by atoms with E-state index in [2.05, 4.69) is 0 Å². The molecule has 1 unspecified atom stereocenters. The van der Waals surface area contributed by atoms with E-state index < -0.39 is 37.5 Å². The van der Waals surface area contributed by atoms with Crippen LogP contribution in [0.15, 0.2) is 29.2 Å². The lowest BCUT2D eigenvalue weighted by Crippen LogP contribution is -2.40. The number of nitrogens with two attached hydrogens (primary N) is 1. The zero-order valence-electron chi connectivity index (χ0n) is 11.6. The SMILES string of the molecule is NCCCCC(NS(=O)(=O)c1ccccc1[N+](=O)[O-])C(=O)O. The maximum absolute atomic E-state index is 12.2. The zero-order chi connectivity index (χ0) is 16.8. The van der Waals surface area contributed by atoms with Gasteiger partial charge in [-0.05, 0) is 25.5 Å². The number of rotatable bonds is 9. The molecule has 0 saturated carbocycles. The molecular weight excluding hydrogens is 314 g/mol. The number of benzene rings is 1. The summed E-state index contributed by atoms with van der Waals surface area (Å²) in [5.74, 6) is -1.35. The van der Waals surface area contributed by atoms with Gasteiger partial charge in [0.25, 0.3) is 5.69 Å². The number of nitro benzene ring substituents is 1. The van der Waals surface area contributed by atoms with Gasteiger partial charge in [-0.25, -0.2) is 8.42 Å². The number of carbonyl (C=O) groups is 1. The molecule has 0 aromatic heterocycles. The van der Waals surface area contributed by atoms with Crippen molar-refractivity contribution in [2.45, 2.75) is 30.2 Å². The van der Waals surface area contributed by atoms with Crippen molar-refractivity contribution in [1.82, 2.24) is 4.72 Å². The minimum absolute atomic E-state index is 0.0480. The first-order valence-electron chi connectivity index (χ1n) is 6.48. The van der Waals surface area contributed by atoms with E-state index in [1.54, 1.807) is 0 Å². The minimum atomic E-state index is -4.32. The molecule has 1 aromatic carbocycles. The van der Waals surface area contributed by atoms with Crippen LogP contribution in [0, 0.1) is 10.1 Å². The number of nitrogens with one attached hydrogen (secondary N) is 1. The van der Waals surface area contributed by atoms with E-state index in [1.807, 2.05) is 4.72 Å². The number of nitrogens with zero attached hydrogens (tertiary/aromatic N) is 1. The Balaban J connectivity index is 3.03. The third-order valence-corrected chi connectivity index (χ3v) is 4.41. The molecule has 1 aromatic rings. The van der Waals surface area contributed by atoms with Gasteiger partial charge in [0.15, 0.2) is 4.90 Å². The molecule has 0 amide bonds. The maximum Gasteiger partial charge on any atom is 0.321 e. The first kappa shape index (κ1) is 18.0. The highest BCUT2D eigenvalue weighted by atomic mass is 32.2. The molecule has 22 heavy (non-hydrogen) atoms. The highest BCUT2D eigenvalue weighted by Crippen LogP contribution is 2.23. The van der Waals surface area contributed by atoms with Crippen molar-refractivity contribution in [3.05, 3.63) is 34.4 Å². The van der Waals surface area contributed by atoms with Crippen LogP contribution in [-0.2, 0) is 14.8 Å². The second-order valence-electron chi connectivity index (χ2n) is 4.52. The summed E-state index contributed by atoms with van der Waals surface area (Å²) in [5, 5.41) is 20.0. The Hall–Kier alpha value is -2.04. The van der Waals surface area contributed by atoms with E-state index in [1.165, 1.54) is 12.1 Å². The molecule has 122 valence electrons. The van der Waals surface area contributed by atoms with Crippen LogP contribution in [0.5, 0.6) is 0 Å². The summed E-state index contributed by atoms with van der Waals surface area (Å²) in [6.45, 7) is 0.364. The second-order valence-corrected chi connectivity index (χ2v) is 6.20. The van der Waals surface area contributed by atoms with Crippen LogP contribution in [0.3, 0.4) is 0 Å². The van der Waals surface area contributed by atoms with E-state index in [0.29, 0.717) is 19.4 Å². The fourth-order valence-corrected chi connectivity index (χ4v) is 3.21. The first-order chi connectivity index (χ1) is 10.3. The molecular formula is C12H17N3O6S. The summed E-state index contributed by atoms with van der Waals surface area (Å²) in [6, 6.07) is 3.38. The fraction of sp³-hybridized carbons (Fsp3) is 0.417. The smallest absolute Gasteiger partial charge is 0.321 e.